The number of pyridine rings is 1. The fraction of sp³-hybridized carbons (Fsp3) is 0.643. The van der Waals surface area contributed by atoms with Crippen LogP contribution < -0.4 is 5.32 Å². The molecule has 3 nitrogen and oxygen atoms in total. The first kappa shape index (κ1) is 14.1. The van der Waals surface area contributed by atoms with Crippen molar-refractivity contribution in [1.82, 2.24) is 10.3 Å². The van der Waals surface area contributed by atoms with E-state index < -0.39 is 0 Å². The number of rotatable bonds is 6. The fourth-order valence-corrected chi connectivity index (χ4v) is 2.09. The summed E-state index contributed by atoms with van der Waals surface area (Å²) in [4.78, 5) is 4.27. The number of likely N-dealkylation sites (N-methyl/N-ethyl adjacent to an activating group) is 1. The van der Waals surface area contributed by atoms with Gasteiger partial charge in [-0.3, -0.25) is 4.98 Å². The minimum Gasteiger partial charge on any atom is -0.377 e. The summed E-state index contributed by atoms with van der Waals surface area (Å²) in [5, 5.41) is 3.50. The van der Waals surface area contributed by atoms with Crippen molar-refractivity contribution in [3.05, 3.63) is 29.6 Å². The van der Waals surface area contributed by atoms with E-state index in [1.54, 1.807) is 7.11 Å². The number of nitrogens with one attached hydrogen (secondary N) is 1. The van der Waals surface area contributed by atoms with Crippen LogP contribution in [-0.4, -0.2) is 24.2 Å². The van der Waals surface area contributed by atoms with Crippen molar-refractivity contribution in [2.24, 2.45) is 0 Å². The highest BCUT2D eigenvalue weighted by Crippen LogP contribution is 2.31. The smallest absolute Gasteiger partial charge is 0.0842 e. The van der Waals surface area contributed by atoms with E-state index in [-0.39, 0.29) is 11.6 Å². The lowest BCUT2D eigenvalue weighted by atomic mass is 9.88. The maximum Gasteiger partial charge on any atom is 0.0842 e. The van der Waals surface area contributed by atoms with Gasteiger partial charge in [0.2, 0.25) is 0 Å². The molecule has 1 heterocycles. The number of aryl methyl sites for hydroxylation is 1. The molecular formula is C14H24N2O. The Balaban J connectivity index is 3.08. The summed E-state index contributed by atoms with van der Waals surface area (Å²) in [5.74, 6) is 0. The first-order chi connectivity index (χ1) is 8.07. The Bertz CT molecular complexity index is 348. The van der Waals surface area contributed by atoms with Gasteiger partial charge in [0.1, 0.15) is 0 Å². The number of hydrogen-bond donors (Lipinski definition) is 1. The van der Waals surface area contributed by atoms with Gasteiger partial charge in [-0.1, -0.05) is 19.9 Å². The second-order valence-corrected chi connectivity index (χ2v) is 4.66. The van der Waals surface area contributed by atoms with Crippen molar-refractivity contribution < 1.29 is 4.74 Å². The highest BCUT2D eigenvalue weighted by Gasteiger charge is 2.33. The van der Waals surface area contributed by atoms with Crippen LogP contribution in [0.2, 0.25) is 0 Å². The molecule has 2 unspecified atom stereocenters. The van der Waals surface area contributed by atoms with Gasteiger partial charge in [0.05, 0.1) is 11.6 Å². The van der Waals surface area contributed by atoms with Crippen LogP contribution in [0.15, 0.2) is 18.5 Å². The molecule has 0 fully saturated rings. The fourth-order valence-electron chi connectivity index (χ4n) is 2.09. The summed E-state index contributed by atoms with van der Waals surface area (Å²) in [6.07, 6.45) is 4.75. The summed E-state index contributed by atoms with van der Waals surface area (Å²) in [6, 6.07) is 2.35. The number of methoxy groups -OCH3 is 1. The molecule has 1 N–H and O–H groups in total. The third kappa shape index (κ3) is 3.27. The molecule has 1 aromatic rings. The molecule has 0 aliphatic rings. The predicted octanol–water partition coefficient (Wildman–Crippen LogP) is 2.86. The third-order valence-corrected chi connectivity index (χ3v) is 3.42. The first-order valence-corrected chi connectivity index (χ1v) is 6.27. The van der Waals surface area contributed by atoms with Crippen LogP contribution in [0.25, 0.3) is 0 Å². The van der Waals surface area contributed by atoms with E-state index in [9.17, 15) is 0 Å². The lowest BCUT2D eigenvalue weighted by Crippen LogP contribution is -2.42. The third-order valence-electron chi connectivity index (χ3n) is 3.42. The van der Waals surface area contributed by atoms with E-state index in [1.807, 2.05) is 12.4 Å². The van der Waals surface area contributed by atoms with Crippen molar-refractivity contribution >= 4 is 0 Å². The van der Waals surface area contributed by atoms with Crippen molar-refractivity contribution in [1.29, 1.82) is 0 Å². The van der Waals surface area contributed by atoms with Crippen LogP contribution in [0, 0.1) is 6.92 Å². The molecule has 96 valence electrons. The van der Waals surface area contributed by atoms with Crippen LogP contribution in [0.5, 0.6) is 0 Å². The Morgan fingerprint density at radius 3 is 2.59 bits per heavy atom. The SMILES string of the molecule is CCNC(c1cncc(C)c1)C(C)(CC)OC. The average Bonchev–Trinajstić information content (AvgIpc) is 2.35. The van der Waals surface area contributed by atoms with Crippen LogP contribution in [-0.2, 0) is 4.74 Å². The zero-order chi connectivity index (χ0) is 12.9. The highest BCUT2D eigenvalue weighted by atomic mass is 16.5. The van der Waals surface area contributed by atoms with Gasteiger partial charge in [-0.25, -0.2) is 0 Å². The normalized spacial score (nSPS) is 16.5. The molecule has 0 aromatic carbocycles. The average molecular weight is 236 g/mol. The van der Waals surface area contributed by atoms with E-state index in [0.29, 0.717) is 0 Å². The van der Waals surface area contributed by atoms with Gasteiger partial charge < -0.3 is 10.1 Å². The van der Waals surface area contributed by atoms with Crippen molar-refractivity contribution in [3.63, 3.8) is 0 Å². The predicted molar refractivity (Wildman–Crippen MR) is 71.1 cm³/mol. The number of hydrogen-bond acceptors (Lipinski definition) is 3. The Morgan fingerprint density at radius 2 is 2.12 bits per heavy atom. The molecule has 3 heteroatoms. The van der Waals surface area contributed by atoms with Crippen molar-refractivity contribution in [2.75, 3.05) is 13.7 Å². The zero-order valence-corrected chi connectivity index (χ0v) is 11.6. The molecule has 17 heavy (non-hydrogen) atoms. The van der Waals surface area contributed by atoms with Gasteiger partial charge in [-0.2, -0.15) is 0 Å². The molecule has 0 amide bonds. The van der Waals surface area contributed by atoms with E-state index >= 15 is 0 Å². The monoisotopic (exact) mass is 236 g/mol. The Kier molecular flexibility index (Phi) is 5.09. The lowest BCUT2D eigenvalue weighted by molar-refractivity contribution is -0.0296. The number of nitrogens with zero attached hydrogens (tertiary/aromatic N) is 1. The molecule has 0 aliphatic heterocycles. The van der Waals surface area contributed by atoms with E-state index in [1.165, 1.54) is 11.1 Å². The van der Waals surface area contributed by atoms with Gasteiger partial charge >= 0.3 is 0 Å². The number of aromatic nitrogens is 1. The summed E-state index contributed by atoms with van der Waals surface area (Å²) < 4.78 is 5.71. The molecular weight excluding hydrogens is 212 g/mol. The van der Waals surface area contributed by atoms with E-state index in [2.05, 4.69) is 44.1 Å². The molecule has 0 aliphatic carbocycles. The minimum atomic E-state index is -0.203. The lowest BCUT2D eigenvalue weighted by Gasteiger charge is -2.36. The van der Waals surface area contributed by atoms with Crippen molar-refractivity contribution in [3.8, 4) is 0 Å². The van der Waals surface area contributed by atoms with Crippen LogP contribution in [0.3, 0.4) is 0 Å². The molecule has 0 bridgehead atoms. The second-order valence-electron chi connectivity index (χ2n) is 4.66. The first-order valence-electron chi connectivity index (χ1n) is 6.27. The summed E-state index contributed by atoms with van der Waals surface area (Å²) in [7, 11) is 1.77. The summed E-state index contributed by atoms with van der Waals surface area (Å²) in [6.45, 7) is 9.38. The van der Waals surface area contributed by atoms with E-state index in [4.69, 9.17) is 4.74 Å². The van der Waals surface area contributed by atoms with Gasteiger partial charge in [0.25, 0.3) is 0 Å². The molecule has 0 saturated heterocycles. The summed E-state index contributed by atoms with van der Waals surface area (Å²) >= 11 is 0. The van der Waals surface area contributed by atoms with E-state index in [0.717, 1.165) is 13.0 Å². The number of ether oxygens (including phenoxy) is 1. The summed E-state index contributed by atoms with van der Waals surface area (Å²) in [5.41, 5.74) is 2.17. The van der Waals surface area contributed by atoms with Gasteiger partial charge in [0.15, 0.2) is 0 Å². The highest BCUT2D eigenvalue weighted by molar-refractivity contribution is 5.23. The maximum absolute atomic E-state index is 5.71. The molecule has 1 aromatic heterocycles. The molecule has 0 radical (unpaired) electrons. The molecule has 1 rings (SSSR count). The maximum atomic E-state index is 5.71. The van der Waals surface area contributed by atoms with Gasteiger partial charge in [-0.05, 0) is 37.9 Å². The standard InChI is InChI=1S/C14H24N2O/c1-6-14(4,17-5)13(16-7-2)12-8-11(3)9-15-10-12/h8-10,13,16H,6-7H2,1-5H3. The van der Waals surface area contributed by atoms with Crippen molar-refractivity contribution in [2.45, 2.75) is 45.8 Å². The Hall–Kier alpha value is -0.930. The second kappa shape index (κ2) is 6.12. The van der Waals surface area contributed by atoms with Gasteiger partial charge in [-0.15, -0.1) is 0 Å². The molecule has 0 spiro atoms. The molecule has 2 atom stereocenters. The largest absolute Gasteiger partial charge is 0.377 e. The quantitative estimate of drug-likeness (QED) is 0.824. The molecule has 0 saturated carbocycles. The van der Waals surface area contributed by atoms with Crippen LogP contribution >= 0.6 is 0 Å². The van der Waals surface area contributed by atoms with Crippen LogP contribution in [0.1, 0.15) is 44.4 Å². The minimum absolute atomic E-state index is 0.176. The topological polar surface area (TPSA) is 34.2 Å². The Labute approximate surface area is 105 Å². The van der Waals surface area contributed by atoms with Crippen LogP contribution in [0.4, 0.5) is 0 Å². The zero-order valence-electron chi connectivity index (χ0n) is 11.6. The van der Waals surface area contributed by atoms with Gasteiger partial charge in [0, 0.05) is 19.5 Å². The Morgan fingerprint density at radius 1 is 1.41 bits per heavy atom.